The van der Waals surface area contributed by atoms with E-state index >= 15 is 0 Å². The summed E-state index contributed by atoms with van der Waals surface area (Å²) in [7, 11) is 3.05. The lowest BCUT2D eigenvalue weighted by atomic mass is 10.2. The zero-order valence-electron chi connectivity index (χ0n) is 11.5. The Morgan fingerprint density at radius 2 is 2.14 bits per heavy atom. The van der Waals surface area contributed by atoms with Gasteiger partial charge < -0.3 is 14.8 Å². The van der Waals surface area contributed by atoms with E-state index in [2.05, 4.69) is 15.4 Å². The molecule has 0 fully saturated rings. The van der Waals surface area contributed by atoms with Crippen molar-refractivity contribution >= 4 is 11.6 Å². The van der Waals surface area contributed by atoms with E-state index in [1.807, 2.05) is 0 Å². The van der Waals surface area contributed by atoms with Crippen LogP contribution in [0.1, 0.15) is 5.82 Å². The fourth-order valence-corrected chi connectivity index (χ4v) is 1.68. The van der Waals surface area contributed by atoms with Crippen LogP contribution in [0.25, 0.3) is 0 Å². The smallest absolute Gasteiger partial charge is 0.252 e. The molecular formula is C13H13N5O3. The summed E-state index contributed by atoms with van der Waals surface area (Å²) in [6.45, 7) is -0.0387. The van der Waals surface area contributed by atoms with E-state index < -0.39 is 0 Å². The number of carbonyl (C=O) groups excluding carboxylic acids is 1. The Balaban J connectivity index is 2.04. The third kappa shape index (κ3) is 3.48. The van der Waals surface area contributed by atoms with E-state index in [9.17, 15) is 4.79 Å². The number of hydrogen-bond donors (Lipinski definition) is 1. The molecule has 1 aromatic carbocycles. The lowest BCUT2D eigenvalue weighted by Gasteiger charge is -2.10. The molecule has 21 heavy (non-hydrogen) atoms. The van der Waals surface area contributed by atoms with Crippen LogP contribution in [-0.2, 0) is 11.3 Å². The van der Waals surface area contributed by atoms with E-state index in [-0.39, 0.29) is 18.3 Å². The second kappa shape index (κ2) is 6.38. The van der Waals surface area contributed by atoms with Crippen LogP contribution in [0.2, 0.25) is 0 Å². The molecule has 0 unspecified atom stereocenters. The maximum Gasteiger partial charge on any atom is 0.252 e. The molecule has 0 spiro atoms. The average Bonchev–Trinajstić information content (AvgIpc) is 2.94. The minimum absolute atomic E-state index is 0.0221. The number of aromatic nitrogens is 3. The lowest BCUT2D eigenvalue weighted by Crippen LogP contribution is -2.19. The molecule has 0 aliphatic rings. The molecule has 1 amide bonds. The number of nitrogens with zero attached hydrogens (tertiary/aromatic N) is 4. The molecule has 0 bridgehead atoms. The molecule has 0 radical (unpaired) electrons. The van der Waals surface area contributed by atoms with Crippen LogP contribution in [-0.4, -0.2) is 34.9 Å². The molecular weight excluding hydrogens is 274 g/mol. The predicted molar refractivity (Wildman–Crippen MR) is 72.9 cm³/mol. The van der Waals surface area contributed by atoms with Gasteiger partial charge in [0.1, 0.15) is 18.9 Å². The minimum atomic E-state index is -0.295. The Morgan fingerprint density at radius 1 is 1.38 bits per heavy atom. The first kappa shape index (κ1) is 14.3. The van der Waals surface area contributed by atoms with Crippen LogP contribution in [0.5, 0.6) is 11.5 Å². The van der Waals surface area contributed by atoms with Gasteiger partial charge in [-0.25, -0.2) is 9.67 Å². The van der Waals surface area contributed by atoms with Gasteiger partial charge in [0.25, 0.3) is 5.82 Å². The van der Waals surface area contributed by atoms with Gasteiger partial charge in [-0.2, -0.15) is 5.26 Å². The average molecular weight is 287 g/mol. The molecule has 108 valence electrons. The second-order valence-electron chi connectivity index (χ2n) is 4.00. The third-order valence-corrected chi connectivity index (χ3v) is 2.61. The number of hydrogen-bond acceptors (Lipinski definition) is 6. The molecule has 0 saturated carbocycles. The largest absolute Gasteiger partial charge is 0.493 e. The maximum atomic E-state index is 11.9. The fraction of sp³-hybridized carbons (Fsp3) is 0.231. The Hall–Kier alpha value is -3.08. The molecule has 1 heterocycles. The summed E-state index contributed by atoms with van der Waals surface area (Å²) in [6, 6.07) is 6.83. The van der Waals surface area contributed by atoms with Crippen LogP contribution in [0, 0.1) is 11.3 Å². The van der Waals surface area contributed by atoms with Gasteiger partial charge in [0.15, 0.2) is 11.5 Å². The molecule has 0 atom stereocenters. The van der Waals surface area contributed by atoms with Crippen molar-refractivity contribution in [2.75, 3.05) is 19.5 Å². The number of ether oxygens (including phenoxy) is 2. The lowest BCUT2D eigenvalue weighted by molar-refractivity contribution is -0.116. The standard InChI is InChI=1S/C13H13N5O3/c1-20-10-4-3-9(5-11(10)21-2)16-13(19)7-18-8-15-12(6-14)17-18/h3-5,8H,7H2,1-2H3,(H,16,19). The van der Waals surface area contributed by atoms with Crippen LogP contribution < -0.4 is 14.8 Å². The van der Waals surface area contributed by atoms with Crippen LogP contribution in [0.4, 0.5) is 5.69 Å². The number of rotatable bonds is 5. The monoisotopic (exact) mass is 287 g/mol. The van der Waals surface area contributed by atoms with E-state index in [1.54, 1.807) is 24.3 Å². The number of methoxy groups -OCH3 is 2. The molecule has 2 rings (SSSR count). The van der Waals surface area contributed by atoms with E-state index in [0.29, 0.717) is 17.2 Å². The summed E-state index contributed by atoms with van der Waals surface area (Å²) >= 11 is 0. The third-order valence-electron chi connectivity index (χ3n) is 2.61. The van der Waals surface area contributed by atoms with Gasteiger partial charge in [0, 0.05) is 11.8 Å². The Kier molecular flexibility index (Phi) is 4.36. The highest BCUT2D eigenvalue weighted by Crippen LogP contribution is 2.29. The molecule has 0 aliphatic carbocycles. The molecule has 0 saturated heterocycles. The summed E-state index contributed by atoms with van der Waals surface area (Å²) in [6.07, 6.45) is 1.33. The van der Waals surface area contributed by atoms with Gasteiger partial charge in [-0.05, 0) is 12.1 Å². The van der Waals surface area contributed by atoms with Crippen molar-refractivity contribution in [1.29, 1.82) is 5.26 Å². The molecule has 1 N–H and O–H groups in total. The normalized spacial score (nSPS) is 9.76. The molecule has 1 aromatic heterocycles. The van der Waals surface area contributed by atoms with Crippen LogP contribution in [0.3, 0.4) is 0 Å². The number of benzene rings is 1. The minimum Gasteiger partial charge on any atom is -0.493 e. The zero-order chi connectivity index (χ0) is 15.2. The number of carbonyl (C=O) groups is 1. The van der Waals surface area contributed by atoms with Gasteiger partial charge in [-0.1, -0.05) is 0 Å². The summed E-state index contributed by atoms with van der Waals surface area (Å²) < 4.78 is 11.6. The molecule has 8 heteroatoms. The van der Waals surface area contributed by atoms with Gasteiger partial charge in [-0.3, -0.25) is 4.79 Å². The Bertz CT molecular complexity index is 689. The van der Waals surface area contributed by atoms with Crippen molar-refractivity contribution in [1.82, 2.24) is 14.8 Å². The van der Waals surface area contributed by atoms with Gasteiger partial charge in [0.2, 0.25) is 5.91 Å². The van der Waals surface area contributed by atoms with Gasteiger partial charge in [-0.15, -0.1) is 5.10 Å². The van der Waals surface area contributed by atoms with Gasteiger partial charge in [0.05, 0.1) is 14.2 Å². The fourth-order valence-electron chi connectivity index (χ4n) is 1.68. The summed E-state index contributed by atoms with van der Waals surface area (Å²) in [5.74, 6) is 0.818. The summed E-state index contributed by atoms with van der Waals surface area (Å²) in [5.41, 5.74) is 0.568. The van der Waals surface area contributed by atoms with Crippen molar-refractivity contribution in [2.45, 2.75) is 6.54 Å². The highest BCUT2D eigenvalue weighted by molar-refractivity contribution is 5.90. The molecule has 8 nitrogen and oxygen atoms in total. The van der Waals surface area contributed by atoms with Crippen molar-refractivity contribution in [2.24, 2.45) is 0 Å². The topological polar surface area (TPSA) is 102 Å². The number of amides is 1. The van der Waals surface area contributed by atoms with E-state index in [1.165, 1.54) is 25.2 Å². The first-order valence-corrected chi connectivity index (χ1v) is 5.97. The van der Waals surface area contributed by atoms with Crippen LogP contribution in [0.15, 0.2) is 24.5 Å². The molecule has 2 aromatic rings. The summed E-state index contributed by atoms with van der Waals surface area (Å²) in [5, 5.41) is 15.1. The highest BCUT2D eigenvalue weighted by atomic mass is 16.5. The second-order valence-corrected chi connectivity index (χ2v) is 4.00. The zero-order valence-corrected chi connectivity index (χ0v) is 11.5. The van der Waals surface area contributed by atoms with Crippen molar-refractivity contribution in [3.8, 4) is 17.6 Å². The maximum absolute atomic E-state index is 11.9. The number of nitrogens with one attached hydrogen (secondary N) is 1. The van der Waals surface area contributed by atoms with Crippen molar-refractivity contribution in [3.05, 3.63) is 30.4 Å². The molecule has 0 aliphatic heterocycles. The van der Waals surface area contributed by atoms with E-state index in [0.717, 1.165) is 0 Å². The van der Waals surface area contributed by atoms with Crippen molar-refractivity contribution < 1.29 is 14.3 Å². The van der Waals surface area contributed by atoms with Crippen LogP contribution >= 0.6 is 0 Å². The SMILES string of the molecule is COc1ccc(NC(=O)Cn2cnc(C#N)n2)cc1OC. The quantitative estimate of drug-likeness (QED) is 0.872. The summed E-state index contributed by atoms with van der Waals surface area (Å²) in [4.78, 5) is 15.6. The predicted octanol–water partition coefficient (Wildman–Crippen LogP) is 0.806. The van der Waals surface area contributed by atoms with Crippen molar-refractivity contribution in [3.63, 3.8) is 0 Å². The number of anilines is 1. The van der Waals surface area contributed by atoms with Gasteiger partial charge >= 0.3 is 0 Å². The first-order chi connectivity index (χ1) is 10.2. The number of nitriles is 1. The Morgan fingerprint density at radius 3 is 2.76 bits per heavy atom. The first-order valence-electron chi connectivity index (χ1n) is 5.97. The van der Waals surface area contributed by atoms with E-state index in [4.69, 9.17) is 14.7 Å². The highest BCUT2D eigenvalue weighted by Gasteiger charge is 2.09. The Labute approximate surface area is 120 Å².